The summed E-state index contributed by atoms with van der Waals surface area (Å²) in [6.07, 6.45) is 7.35. The first kappa shape index (κ1) is 16.4. The topological polar surface area (TPSA) is 29.5 Å². The van der Waals surface area contributed by atoms with Gasteiger partial charge in [-0.3, -0.25) is 4.90 Å². The fourth-order valence-electron chi connectivity index (χ4n) is 2.32. The molecule has 0 saturated carbocycles. The van der Waals surface area contributed by atoms with E-state index in [-0.39, 0.29) is 12.6 Å². The lowest BCUT2D eigenvalue weighted by molar-refractivity contribution is 0.139. The van der Waals surface area contributed by atoms with E-state index in [0.717, 1.165) is 5.56 Å². The molecule has 0 aliphatic heterocycles. The minimum absolute atomic E-state index is 0.166. The molecule has 2 aromatic rings. The van der Waals surface area contributed by atoms with Crippen LogP contribution in [0.3, 0.4) is 0 Å². The monoisotopic (exact) mass is 305 g/mol. The highest BCUT2D eigenvalue weighted by molar-refractivity contribution is 5.71. The molecule has 0 bridgehead atoms. The second kappa shape index (κ2) is 8.45. The molecule has 23 heavy (non-hydrogen) atoms. The number of ether oxygens (including phenoxy) is 1. The molecule has 116 valence electrons. The van der Waals surface area contributed by atoms with Gasteiger partial charge in [-0.15, -0.1) is 13.0 Å². The first-order valence-corrected chi connectivity index (χ1v) is 7.39. The zero-order chi connectivity index (χ0) is 16.5. The number of nitrogens with zero attached hydrogens (tertiary/aromatic N) is 1. The summed E-state index contributed by atoms with van der Waals surface area (Å²) in [5, 5.41) is 0. The lowest BCUT2D eigenvalue weighted by Gasteiger charge is -2.29. The predicted molar refractivity (Wildman–Crippen MR) is 92.0 cm³/mol. The summed E-state index contributed by atoms with van der Waals surface area (Å²) in [5.74, 6) is 3.02. The van der Waals surface area contributed by atoms with Crippen LogP contribution in [0.25, 0.3) is 0 Å². The van der Waals surface area contributed by atoms with Gasteiger partial charge in [-0.2, -0.15) is 0 Å². The summed E-state index contributed by atoms with van der Waals surface area (Å²) in [6.45, 7) is 3.95. The molecule has 2 rings (SSSR count). The van der Waals surface area contributed by atoms with Crippen LogP contribution in [0, 0.1) is 12.3 Å². The van der Waals surface area contributed by atoms with Gasteiger partial charge in [0, 0.05) is 0 Å². The molecule has 0 saturated heterocycles. The average Bonchev–Trinajstić information content (AvgIpc) is 2.59. The quantitative estimate of drug-likeness (QED) is 0.583. The number of para-hydroxylation sites is 1. The maximum atomic E-state index is 12.6. The van der Waals surface area contributed by atoms with Crippen LogP contribution in [0.1, 0.15) is 18.0 Å². The highest BCUT2D eigenvalue weighted by Crippen LogP contribution is 2.25. The SMILES string of the molecule is C#CCN(C(=O)Oc1ccccc1)C(CC=C)c1ccccc1. The van der Waals surface area contributed by atoms with Crippen LogP contribution in [0.15, 0.2) is 73.3 Å². The maximum absolute atomic E-state index is 12.6. The van der Waals surface area contributed by atoms with E-state index in [9.17, 15) is 4.79 Å². The van der Waals surface area contributed by atoms with Crippen molar-refractivity contribution in [2.75, 3.05) is 6.54 Å². The van der Waals surface area contributed by atoms with Crippen LogP contribution in [-0.4, -0.2) is 17.5 Å². The first-order chi connectivity index (χ1) is 11.3. The van der Waals surface area contributed by atoms with Crippen LogP contribution in [0.4, 0.5) is 4.79 Å². The van der Waals surface area contributed by atoms with Crippen LogP contribution >= 0.6 is 0 Å². The van der Waals surface area contributed by atoms with Gasteiger partial charge in [-0.05, 0) is 24.1 Å². The van der Waals surface area contributed by atoms with E-state index in [1.807, 2.05) is 48.5 Å². The maximum Gasteiger partial charge on any atom is 0.416 e. The van der Waals surface area contributed by atoms with E-state index in [1.54, 1.807) is 23.1 Å². The molecule has 0 fully saturated rings. The van der Waals surface area contributed by atoms with Crippen molar-refractivity contribution < 1.29 is 9.53 Å². The molecule has 0 aromatic heterocycles. The highest BCUT2D eigenvalue weighted by Gasteiger charge is 2.25. The Morgan fingerprint density at radius 3 is 2.35 bits per heavy atom. The van der Waals surface area contributed by atoms with Gasteiger partial charge in [0.2, 0.25) is 0 Å². The summed E-state index contributed by atoms with van der Waals surface area (Å²) < 4.78 is 5.44. The number of benzene rings is 2. The Bertz CT molecular complexity index is 674. The molecular formula is C20H19NO2. The second-order valence-corrected chi connectivity index (χ2v) is 4.96. The molecule has 0 heterocycles. The summed E-state index contributed by atoms with van der Waals surface area (Å²) >= 11 is 0. The van der Waals surface area contributed by atoms with Gasteiger partial charge in [0.25, 0.3) is 0 Å². The molecule has 0 spiro atoms. The summed E-state index contributed by atoms with van der Waals surface area (Å²) in [7, 11) is 0. The molecule has 0 aliphatic rings. The Hall–Kier alpha value is -2.99. The number of hydrogen-bond donors (Lipinski definition) is 0. The van der Waals surface area contributed by atoms with Crippen molar-refractivity contribution in [3.05, 3.63) is 78.9 Å². The Labute approximate surface area is 137 Å². The van der Waals surface area contributed by atoms with E-state index in [2.05, 4.69) is 12.5 Å². The summed E-state index contributed by atoms with van der Waals surface area (Å²) in [6, 6.07) is 18.5. The molecule has 1 atom stereocenters. The van der Waals surface area contributed by atoms with Crippen molar-refractivity contribution in [2.45, 2.75) is 12.5 Å². The Kier molecular flexibility index (Phi) is 6.02. The third-order valence-electron chi connectivity index (χ3n) is 3.40. The van der Waals surface area contributed by atoms with E-state index in [0.29, 0.717) is 12.2 Å². The molecule has 0 aliphatic carbocycles. The average molecular weight is 305 g/mol. The zero-order valence-electron chi connectivity index (χ0n) is 12.9. The van der Waals surface area contributed by atoms with E-state index < -0.39 is 6.09 Å². The molecular weight excluding hydrogens is 286 g/mol. The molecule has 2 aromatic carbocycles. The standard InChI is InChI=1S/C20H19NO2/c1-3-11-19(17-12-7-5-8-13-17)21(16-4-2)20(22)23-18-14-9-6-10-15-18/h2-3,5-10,12-15,19H,1,11,16H2. The van der Waals surface area contributed by atoms with E-state index >= 15 is 0 Å². The first-order valence-electron chi connectivity index (χ1n) is 7.39. The van der Waals surface area contributed by atoms with Gasteiger partial charge in [0.1, 0.15) is 5.75 Å². The lowest BCUT2D eigenvalue weighted by atomic mass is 10.0. The number of amides is 1. The molecule has 0 radical (unpaired) electrons. The number of carbonyl (C=O) groups excluding carboxylic acids is 1. The molecule has 0 N–H and O–H groups in total. The Balaban J connectivity index is 2.25. The Morgan fingerprint density at radius 2 is 1.78 bits per heavy atom. The van der Waals surface area contributed by atoms with Crippen LogP contribution in [0.2, 0.25) is 0 Å². The lowest BCUT2D eigenvalue weighted by Crippen LogP contribution is -2.37. The van der Waals surface area contributed by atoms with Crippen LogP contribution < -0.4 is 4.74 Å². The van der Waals surface area contributed by atoms with Gasteiger partial charge < -0.3 is 4.74 Å². The minimum atomic E-state index is -0.468. The van der Waals surface area contributed by atoms with Gasteiger partial charge in [-0.25, -0.2) is 4.79 Å². The van der Waals surface area contributed by atoms with Crippen molar-refractivity contribution in [1.82, 2.24) is 4.90 Å². The van der Waals surface area contributed by atoms with Gasteiger partial charge >= 0.3 is 6.09 Å². The molecule has 1 unspecified atom stereocenters. The largest absolute Gasteiger partial charge is 0.416 e. The smallest absolute Gasteiger partial charge is 0.410 e. The summed E-state index contributed by atoms with van der Waals surface area (Å²) in [5.41, 5.74) is 0.993. The molecule has 1 amide bonds. The normalized spacial score (nSPS) is 11.1. The van der Waals surface area contributed by atoms with E-state index in [1.165, 1.54) is 0 Å². The summed E-state index contributed by atoms with van der Waals surface area (Å²) in [4.78, 5) is 14.1. The third kappa shape index (κ3) is 4.49. The van der Waals surface area contributed by atoms with Crippen LogP contribution in [0.5, 0.6) is 5.75 Å². The third-order valence-corrected chi connectivity index (χ3v) is 3.40. The van der Waals surface area contributed by atoms with Crippen molar-refractivity contribution in [2.24, 2.45) is 0 Å². The fourth-order valence-corrected chi connectivity index (χ4v) is 2.32. The van der Waals surface area contributed by atoms with Crippen molar-refractivity contribution in [3.8, 4) is 18.1 Å². The van der Waals surface area contributed by atoms with Gasteiger partial charge in [0.05, 0.1) is 12.6 Å². The number of carbonyl (C=O) groups is 1. The van der Waals surface area contributed by atoms with Crippen molar-refractivity contribution in [1.29, 1.82) is 0 Å². The number of hydrogen-bond acceptors (Lipinski definition) is 2. The fraction of sp³-hybridized carbons (Fsp3) is 0.150. The molecule has 3 nitrogen and oxygen atoms in total. The number of terminal acetylenes is 1. The minimum Gasteiger partial charge on any atom is -0.410 e. The second-order valence-electron chi connectivity index (χ2n) is 4.96. The Morgan fingerprint density at radius 1 is 1.17 bits per heavy atom. The highest BCUT2D eigenvalue weighted by atomic mass is 16.6. The van der Waals surface area contributed by atoms with Crippen molar-refractivity contribution in [3.63, 3.8) is 0 Å². The molecule has 3 heteroatoms. The van der Waals surface area contributed by atoms with Crippen LogP contribution in [-0.2, 0) is 0 Å². The predicted octanol–water partition coefficient (Wildman–Crippen LogP) is 4.44. The number of rotatable bonds is 6. The zero-order valence-corrected chi connectivity index (χ0v) is 12.9. The van der Waals surface area contributed by atoms with Gasteiger partial charge in [-0.1, -0.05) is 60.5 Å². The van der Waals surface area contributed by atoms with Crippen molar-refractivity contribution >= 4 is 6.09 Å². The van der Waals surface area contributed by atoms with E-state index in [4.69, 9.17) is 11.2 Å². The van der Waals surface area contributed by atoms with Gasteiger partial charge in [0.15, 0.2) is 0 Å².